The van der Waals surface area contributed by atoms with Gasteiger partial charge in [-0.2, -0.15) is 0 Å². The van der Waals surface area contributed by atoms with E-state index < -0.39 is 18.9 Å². The predicted octanol–water partition coefficient (Wildman–Crippen LogP) is 3.30. The summed E-state index contributed by atoms with van der Waals surface area (Å²) in [6.07, 6.45) is -4.74. The van der Waals surface area contributed by atoms with Crippen molar-refractivity contribution in [2.75, 3.05) is 6.61 Å². The Kier molecular flexibility index (Phi) is 7.25. The molecule has 0 fully saturated rings. The fourth-order valence-electron chi connectivity index (χ4n) is 2.36. The Balaban J connectivity index is 1.85. The van der Waals surface area contributed by atoms with Crippen LogP contribution < -0.4 is 14.8 Å². The highest BCUT2D eigenvalue weighted by Gasteiger charge is 2.31. The SMILES string of the molecule is O=C(O)COc1cccc(CNC(=O)CCc2ccccc2OC(F)(F)F)c1. The van der Waals surface area contributed by atoms with Crippen LogP contribution in [0.1, 0.15) is 17.5 Å². The zero-order chi connectivity index (χ0) is 20.6. The highest BCUT2D eigenvalue weighted by Crippen LogP contribution is 2.27. The number of carboxylic acid groups (broad SMARTS) is 1. The van der Waals surface area contributed by atoms with E-state index in [4.69, 9.17) is 9.84 Å². The number of aryl methyl sites for hydroxylation is 1. The summed E-state index contributed by atoms with van der Waals surface area (Å²) in [5.74, 6) is -1.43. The van der Waals surface area contributed by atoms with Crippen molar-refractivity contribution < 1.29 is 37.3 Å². The number of amides is 1. The minimum Gasteiger partial charge on any atom is -0.482 e. The second-order valence-electron chi connectivity index (χ2n) is 5.76. The molecule has 0 saturated heterocycles. The molecule has 0 aliphatic carbocycles. The number of rotatable bonds is 9. The zero-order valence-electron chi connectivity index (χ0n) is 14.7. The first kappa shape index (κ1) is 21.1. The van der Waals surface area contributed by atoms with Gasteiger partial charge in [0.1, 0.15) is 11.5 Å². The molecule has 150 valence electrons. The number of halogens is 3. The molecule has 2 rings (SSSR count). The molecule has 0 aromatic heterocycles. The Morgan fingerprint density at radius 3 is 2.54 bits per heavy atom. The van der Waals surface area contributed by atoms with Crippen molar-refractivity contribution in [1.82, 2.24) is 5.32 Å². The fourth-order valence-corrected chi connectivity index (χ4v) is 2.36. The van der Waals surface area contributed by atoms with Crippen LogP contribution in [0.2, 0.25) is 0 Å². The normalized spacial score (nSPS) is 11.0. The number of hydrogen-bond acceptors (Lipinski definition) is 4. The molecule has 6 nitrogen and oxygen atoms in total. The van der Waals surface area contributed by atoms with Gasteiger partial charge in [0, 0.05) is 13.0 Å². The summed E-state index contributed by atoms with van der Waals surface area (Å²) in [5.41, 5.74) is 0.969. The molecule has 2 aromatic carbocycles. The van der Waals surface area contributed by atoms with Crippen molar-refractivity contribution in [3.8, 4) is 11.5 Å². The first-order chi connectivity index (χ1) is 13.2. The number of para-hydroxylation sites is 1. The molecule has 0 atom stereocenters. The summed E-state index contributed by atoms with van der Waals surface area (Å²) in [6.45, 7) is -0.307. The van der Waals surface area contributed by atoms with E-state index in [0.29, 0.717) is 11.3 Å². The van der Waals surface area contributed by atoms with Gasteiger partial charge in [0.25, 0.3) is 0 Å². The third-order valence-electron chi connectivity index (χ3n) is 3.57. The Morgan fingerprint density at radius 2 is 1.82 bits per heavy atom. The second kappa shape index (κ2) is 9.63. The first-order valence-corrected chi connectivity index (χ1v) is 8.27. The standard InChI is InChI=1S/C19H18F3NO5/c20-19(21,22)28-16-7-2-1-5-14(16)8-9-17(24)23-11-13-4-3-6-15(10-13)27-12-18(25)26/h1-7,10H,8-9,11-12H2,(H,23,24)(H,25,26). The van der Waals surface area contributed by atoms with E-state index in [-0.39, 0.29) is 36.6 Å². The summed E-state index contributed by atoms with van der Waals surface area (Å²) < 4.78 is 46.3. The number of aliphatic carboxylic acids is 1. The Hall–Kier alpha value is -3.23. The summed E-state index contributed by atoms with van der Waals surface area (Å²) in [6, 6.07) is 12.2. The van der Waals surface area contributed by atoms with Gasteiger partial charge in [0.05, 0.1) is 0 Å². The van der Waals surface area contributed by atoms with Crippen LogP contribution in [0, 0.1) is 0 Å². The van der Waals surface area contributed by atoms with Crippen LogP contribution in [-0.4, -0.2) is 30.0 Å². The van der Waals surface area contributed by atoms with Gasteiger partial charge in [-0.05, 0) is 35.7 Å². The highest BCUT2D eigenvalue weighted by atomic mass is 19.4. The first-order valence-electron chi connectivity index (χ1n) is 8.27. The average Bonchev–Trinajstić information content (AvgIpc) is 2.63. The lowest BCUT2D eigenvalue weighted by Gasteiger charge is -2.13. The van der Waals surface area contributed by atoms with Gasteiger partial charge in [0.2, 0.25) is 5.91 Å². The maximum absolute atomic E-state index is 12.4. The topological polar surface area (TPSA) is 84.9 Å². The van der Waals surface area contributed by atoms with Gasteiger partial charge in [-0.15, -0.1) is 13.2 Å². The molecule has 0 aliphatic heterocycles. The van der Waals surface area contributed by atoms with Crippen molar-refractivity contribution >= 4 is 11.9 Å². The van der Waals surface area contributed by atoms with Gasteiger partial charge in [0.15, 0.2) is 6.61 Å². The number of carboxylic acids is 1. The number of nitrogens with one attached hydrogen (secondary N) is 1. The molecule has 0 unspecified atom stereocenters. The molecule has 0 bridgehead atoms. The lowest BCUT2D eigenvalue weighted by molar-refractivity contribution is -0.274. The molecular formula is C19H18F3NO5. The van der Waals surface area contributed by atoms with Gasteiger partial charge < -0.3 is 19.9 Å². The quantitative estimate of drug-likeness (QED) is 0.678. The van der Waals surface area contributed by atoms with Crippen LogP contribution in [-0.2, 0) is 22.6 Å². The average molecular weight is 397 g/mol. The molecular weight excluding hydrogens is 379 g/mol. The highest BCUT2D eigenvalue weighted by molar-refractivity contribution is 5.76. The van der Waals surface area contributed by atoms with Crippen LogP contribution in [0.5, 0.6) is 11.5 Å². The van der Waals surface area contributed by atoms with Crippen LogP contribution in [0.3, 0.4) is 0 Å². The maximum Gasteiger partial charge on any atom is 0.573 e. The fraction of sp³-hybridized carbons (Fsp3) is 0.263. The predicted molar refractivity (Wildman–Crippen MR) is 92.9 cm³/mol. The molecule has 0 aliphatic rings. The van der Waals surface area contributed by atoms with Crippen LogP contribution in [0.25, 0.3) is 0 Å². The summed E-state index contributed by atoms with van der Waals surface area (Å²) in [7, 11) is 0. The van der Waals surface area contributed by atoms with E-state index in [0.717, 1.165) is 0 Å². The summed E-state index contributed by atoms with van der Waals surface area (Å²) in [4.78, 5) is 22.5. The molecule has 0 spiro atoms. The lowest BCUT2D eigenvalue weighted by Crippen LogP contribution is -2.23. The maximum atomic E-state index is 12.4. The van der Waals surface area contributed by atoms with Crippen LogP contribution in [0.4, 0.5) is 13.2 Å². The van der Waals surface area contributed by atoms with Gasteiger partial charge in [-0.25, -0.2) is 4.79 Å². The summed E-state index contributed by atoms with van der Waals surface area (Å²) >= 11 is 0. The molecule has 9 heteroatoms. The van der Waals surface area contributed by atoms with Gasteiger partial charge in [-0.1, -0.05) is 30.3 Å². The number of ether oxygens (including phenoxy) is 2. The van der Waals surface area contributed by atoms with Crippen LogP contribution in [0.15, 0.2) is 48.5 Å². The molecule has 1 amide bonds. The van der Waals surface area contributed by atoms with E-state index in [1.165, 1.54) is 18.2 Å². The lowest BCUT2D eigenvalue weighted by atomic mass is 10.1. The number of benzene rings is 2. The van der Waals surface area contributed by atoms with Crippen molar-refractivity contribution in [2.45, 2.75) is 25.7 Å². The third kappa shape index (κ3) is 7.56. The van der Waals surface area contributed by atoms with Gasteiger partial charge >= 0.3 is 12.3 Å². The minimum atomic E-state index is -4.80. The second-order valence-corrected chi connectivity index (χ2v) is 5.76. The number of carbonyl (C=O) groups is 2. The van der Waals surface area contributed by atoms with E-state index in [9.17, 15) is 22.8 Å². The molecule has 2 aromatic rings. The Morgan fingerprint density at radius 1 is 1.07 bits per heavy atom. The molecule has 28 heavy (non-hydrogen) atoms. The van der Waals surface area contributed by atoms with Crippen LogP contribution >= 0.6 is 0 Å². The number of hydrogen-bond donors (Lipinski definition) is 2. The Labute approximate surface area is 158 Å². The number of alkyl halides is 3. The van der Waals surface area contributed by atoms with Crippen molar-refractivity contribution in [1.29, 1.82) is 0 Å². The van der Waals surface area contributed by atoms with Crippen molar-refractivity contribution in [3.05, 3.63) is 59.7 Å². The molecule has 0 radical (unpaired) electrons. The van der Waals surface area contributed by atoms with E-state index in [2.05, 4.69) is 10.1 Å². The van der Waals surface area contributed by atoms with Gasteiger partial charge in [-0.3, -0.25) is 4.79 Å². The van der Waals surface area contributed by atoms with E-state index in [1.807, 2.05) is 0 Å². The largest absolute Gasteiger partial charge is 0.573 e. The zero-order valence-corrected chi connectivity index (χ0v) is 14.7. The monoisotopic (exact) mass is 397 g/mol. The van der Waals surface area contributed by atoms with Crippen molar-refractivity contribution in [3.63, 3.8) is 0 Å². The molecule has 2 N–H and O–H groups in total. The summed E-state index contributed by atoms with van der Waals surface area (Å²) in [5, 5.41) is 11.3. The number of carbonyl (C=O) groups excluding carboxylic acids is 1. The Bertz CT molecular complexity index is 823. The van der Waals surface area contributed by atoms with E-state index >= 15 is 0 Å². The smallest absolute Gasteiger partial charge is 0.482 e. The molecule has 0 saturated carbocycles. The van der Waals surface area contributed by atoms with Crippen molar-refractivity contribution in [2.24, 2.45) is 0 Å². The molecule has 0 heterocycles. The third-order valence-corrected chi connectivity index (χ3v) is 3.57. The van der Waals surface area contributed by atoms with E-state index in [1.54, 1.807) is 30.3 Å². The minimum absolute atomic E-state index is 0.0204.